The molecule has 1 fully saturated rings. The molecule has 1 aromatic heterocycles. The Morgan fingerprint density at radius 3 is 2.47 bits per heavy atom. The van der Waals surface area contributed by atoms with Crippen LogP contribution in [0.5, 0.6) is 0 Å². The van der Waals surface area contributed by atoms with Crippen molar-refractivity contribution in [3.63, 3.8) is 0 Å². The van der Waals surface area contributed by atoms with Gasteiger partial charge in [-0.15, -0.1) is 0 Å². The lowest BCUT2D eigenvalue weighted by molar-refractivity contribution is -0.141. The Morgan fingerprint density at radius 2 is 1.89 bits per heavy atom. The molecule has 0 unspecified atom stereocenters. The number of pyridine rings is 1. The average molecular weight is 273 g/mol. The highest BCUT2D eigenvalue weighted by Crippen LogP contribution is 2.32. The summed E-state index contributed by atoms with van der Waals surface area (Å²) in [4.78, 5) is 3.64. The van der Waals surface area contributed by atoms with Crippen molar-refractivity contribution in [1.82, 2.24) is 4.98 Å². The molecule has 1 saturated carbocycles. The van der Waals surface area contributed by atoms with Crippen molar-refractivity contribution in [2.24, 2.45) is 5.73 Å². The Kier molecular flexibility index (Phi) is 3.99. The van der Waals surface area contributed by atoms with Gasteiger partial charge in [-0.1, -0.05) is 25.3 Å². The smallest absolute Gasteiger partial charge is 0.363 e. The number of nitrogens with two attached hydrogens (primary N) is 1. The van der Waals surface area contributed by atoms with E-state index in [-0.39, 0.29) is 11.4 Å². The lowest BCUT2D eigenvalue weighted by Gasteiger charge is -2.37. The van der Waals surface area contributed by atoms with E-state index in [4.69, 9.17) is 5.73 Å². The van der Waals surface area contributed by atoms with Crippen LogP contribution in [0, 0.1) is 0 Å². The largest absolute Gasteiger partial charge is 0.433 e. The van der Waals surface area contributed by atoms with Gasteiger partial charge in [-0.2, -0.15) is 13.2 Å². The Hall–Kier alpha value is -1.30. The second-order valence-electron chi connectivity index (χ2n) is 5.08. The van der Waals surface area contributed by atoms with Gasteiger partial charge in [0.1, 0.15) is 11.5 Å². The Morgan fingerprint density at radius 1 is 1.21 bits per heavy atom. The fraction of sp³-hybridized carbons (Fsp3) is 0.615. The van der Waals surface area contributed by atoms with Crippen LogP contribution in [0.25, 0.3) is 0 Å². The summed E-state index contributed by atoms with van der Waals surface area (Å²) >= 11 is 0. The maximum atomic E-state index is 12.6. The molecule has 6 heteroatoms. The molecular weight excluding hydrogens is 255 g/mol. The molecule has 106 valence electrons. The van der Waals surface area contributed by atoms with E-state index < -0.39 is 11.9 Å². The summed E-state index contributed by atoms with van der Waals surface area (Å²) in [6.45, 7) is 0.408. The molecule has 3 N–H and O–H groups in total. The standard InChI is InChI=1S/C13H18F3N3/c14-13(15,16)10-5-4-6-11(18-10)19-12(9-17)7-2-1-3-8-12/h4-6H,1-3,7-9,17H2,(H,18,19). The van der Waals surface area contributed by atoms with Gasteiger partial charge in [0.15, 0.2) is 0 Å². The van der Waals surface area contributed by atoms with Crippen molar-refractivity contribution in [3.05, 3.63) is 23.9 Å². The lowest BCUT2D eigenvalue weighted by Crippen LogP contribution is -2.47. The number of aromatic nitrogens is 1. The molecule has 0 aliphatic heterocycles. The van der Waals surface area contributed by atoms with Crippen LogP contribution in [-0.4, -0.2) is 17.1 Å². The van der Waals surface area contributed by atoms with Crippen molar-refractivity contribution in [2.45, 2.75) is 43.8 Å². The number of nitrogens with zero attached hydrogens (tertiary/aromatic N) is 1. The molecule has 3 nitrogen and oxygen atoms in total. The third-order valence-corrected chi connectivity index (χ3v) is 3.63. The number of rotatable bonds is 3. The van der Waals surface area contributed by atoms with Crippen LogP contribution in [0.1, 0.15) is 37.8 Å². The van der Waals surface area contributed by atoms with E-state index >= 15 is 0 Å². The minimum Gasteiger partial charge on any atom is -0.363 e. The molecule has 0 aromatic carbocycles. The summed E-state index contributed by atoms with van der Waals surface area (Å²) in [6, 6.07) is 3.90. The first-order valence-corrected chi connectivity index (χ1v) is 6.48. The van der Waals surface area contributed by atoms with E-state index in [1.807, 2.05) is 0 Å². The van der Waals surface area contributed by atoms with Crippen molar-refractivity contribution in [3.8, 4) is 0 Å². The van der Waals surface area contributed by atoms with Crippen molar-refractivity contribution < 1.29 is 13.2 Å². The van der Waals surface area contributed by atoms with E-state index in [0.29, 0.717) is 6.54 Å². The summed E-state index contributed by atoms with van der Waals surface area (Å²) < 4.78 is 37.8. The molecule has 0 atom stereocenters. The van der Waals surface area contributed by atoms with Gasteiger partial charge in [-0.3, -0.25) is 0 Å². The van der Waals surface area contributed by atoms with Crippen LogP contribution in [0.15, 0.2) is 18.2 Å². The van der Waals surface area contributed by atoms with Crippen LogP contribution < -0.4 is 11.1 Å². The molecule has 0 radical (unpaired) electrons. The van der Waals surface area contributed by atoms with Crippen molar-refractivity contribution >= 4 is 5.82 Å². The van der Waals surface area contributed by atoms with Crippen LogP contribution >= 0.6 is 0 Å². The van der Waals surface area contributed by atoms with E-state index in [1.54, 1.807) is 6.07 Å². The third kappa shape index (κ3) is 3.37. The highest BCUT2D eigenvalue weighted by Gasteiger charge is 2.34. The van der Waals surface area contributed by atoms with E-state index in [2.05, 4.69) is 10.3 Å². The molecule has 1 aliphatic rings. The van der Waals surface area contributed by atoms with Gasteiger partial charge in [0.25, 0.3) is 0 Å². The predicted molar refractivity (Wildman–Crippen MR) is 67.7 cm³/mol. The van der Waals surface area contributed by atoms with Crippen LogP contribution in [-0.2, 0) is 6.18 Å². The van der Waals surface area contributed by atoms with Gasteiger partial charge < -0.3 is 11.1 Å². The molecule has 2 rings (SSSR count). The van der Waals surface area contributed by atoms with Crippen molar-refractivity contribution in [1.29, 1.82) is 0 Å². The first-order valence-electron chi connectivity index (χ1n) is 6.48. The molecule has 1 aromatic rings. The topological polar surface area (TPSA) is 50.9 Å². The summed E-state index contributed by atoms with van der Waals surface area (Å²) in [6.07, 6.45) is 0.578. The first kappa shape index (κ1) is 14.1. The second-order valence-corrected chi connectivity index (χ2v) is 5.08. The average Bonchev–Trinajstić information content (AvgIpc) is 2.39. The summed E-state index contributed by atoms with van der Waals surface area (Å²) in [5, 5.41) is 3.12. The van der Waals surface area contributed by atoms with Gasteiger partial charge in [0, 0.05) is 6.54 Å². The molecule has 19 heavy (non-hydrogen) atoms. The Balaban J connectivity index is 2.18. The normalized spacial score (nSPS) is 19.2. The SMILES string of the molecule is NCC1(Nc2cccc(C(F)(F)F)n2)CCCCC1. The molecule has 0 saturated heterocycles. The summed E-state index contributed by atoms with van der Waals surface area (Å²) in [5.41, 5.74) is 4.61. The zero-order valence-corrected chi connectivity index (χ0v) is 10.6. The highest BCUT2D eigenvalue weighted by atomic mass is 19.4. The monoisotopic (exact) mass is 273 g/mol. The zero-order chi connectivity index (χ0) is 13.9. The van der Waals surface area contributed by atoms with Crippen LogP contribution in [0.4, 0.5) is 19.0 Å². The quantitative estimate of drug-likeness (QED) is 0.889. The molecule has 0 amide bonds. The minimum atomic E-state index is -4.42. The second kappa shape index (κ2) is 5.36. The zero-order valence-electron chi connectivity index (χ0n) is 10.6. The van der Waals surface area contributed by atoms with Gasteiger partial charge in [0.05, 0.1) is 5.54 Å². The molecule has 1 heterocycles. The fourth-order valence-electron chi connectivity index (χ4n) is 2.54. The van der Waals surface area contributed by atoms with Crippen LogP contribution in [0.3, 0.4) is 0 Å². The summed E-state index contributed by atoms with van der Waals surface area (Å²) in [5.74, 6) is 0.252. The maximum absolute atomic E-state index is 12.6. The maximum Gasteiger partial charge on any atom is 0.433 e. The van der Waals surface area contributed by atoms with E-state index in [1.165, 1.54) is 6.07 Å². The number of hydrogen-bond acceptors (Lipinski definition) is 3. The third-order valence-electron chi connectivity index (χ3n) is 3.63. The van der Waals surface area contributed by atoms with Gasteiger partial charge >= 0.3 is 6.18 Å². The molecule has 0 bridgehead atoms. The minimum absolute atomic E-state index is 0.252. The number of hydrogen-bond donors (Lipinski definition) is 2. The summed E-state index contributed by atoms with van der Waals surface area (Å²) in [7, 11) is 0. The van der Waals surface area contributed by atoms with Gasteiger partial charge in [-0.05, 0) is 25.0 Å². The fourth-order valence-corrected chi connectivity index (χ4v) is 2.54. The highest BCUT2D eigenvalue weighted by molar-refractivity contribution is 5.39. The number of nitrogens with one attached hydrogen (secondary N) is 1. The van der Waals surface area contributed by atoms with Crippen molar-refractivity contribution in [2.75, 3.05) is 11.9 Å². The molecule has 0 spiro atoms. The Labute approximate surface area is 110 Å². The number of anilines is 1. The van der Waals surface area contributed by atoms with E-state index in [0.717, 1.165) is 38.2 Å². The van der Waals surface area contributed by atoms with E-state index in [9.17, 15) is 13.2 Å². The number of halogens is 3. The number of alkyl halides is 3. The lowest BCUT2D eigenvalue weighted by atomic mass is 9.81. The first-order chi connectivity index (χ1) is 8.95. The van der Waals surface area contributed by atoms with Crippen LogP contribution in [0.2, 0.25) is 0 Å². The molecular formula is C13H18F3N3. The Bertz CT molecular complexity index is 425. The predicted octanol–water partition coefficient (Wildman–Crippen LogP) is 3.17. The van der Waals surface area contributed by atoms with Gasteiger partial charge in [-0.25, -0.2) is 4.98 Å². The molecule has 1 aliphatic carbocycles. The van der Waals surface area contributed by atoms with Gasteiger partial charge in [0.2, 0.25) is 0 Å².